The second kappa shape index (κ2) is 7.40. The predicted octanol–water partition coefficient (Wildman–Crippen LogP) is 2.82. The van der Waals surface area contributed by atoms with E-state index in [-0.39, 0.29) is 11.9 Å². The molecular formula is C20H25N3O3. The first-order valence-corrected chi connectivity index (χ1v) is 9.39. The molecule has 2 aromatic rings. The van der Waals surface area contributed by atoms with Crippen molar-refractivity contribution in [3.63, 3.8) is 0 Å². The van der Waals surface area contributed by atoms with E-state index in [1.807, 2.05) is 42.5 Å². The number of ether oxygens (including phenoxy) is 2. The Morgan fingerprint density at radius 3 is 2.88 bits per heavy atom. The van der Waals surface area contributed by atoms with Gasteiger partial charge in [-0.25, -0.2) is 4.98 Å². The van der Waals surface area contributed by atoms with Gasteiger partial charge >= 0.3 is 0 Å². The summed E-state index contributed by atoms with van der Waals surface area (Å²) in [5.41, 5.74) is 0.679. The Balaban J connectivity index is 1.48. The van der Waals surface area contributed by atoms with Crippen LogP contribution < -0.4 is 9.47 Å². The van der Waals surface area contributed by atoms with Crippen LogP contribution in [0.25, 0.3) is 0 Å². The third-order valence-electron chi connectivity index (χ3n) is 5.30. The number of amides is 1. The zero-order valence-electron chi connectivity index (χ0n) is 15.2. The third-order valence-corrected chi connectivity index (χ3v) is 5.30. The summed E-state index contributed by atoms with van der Waals surface area (Å²) in [4.78, 5) is 19.6. The Morgan fingerprint density at radius 2 is 2.08 bits per heavy atom. The van der Waals surface area contributed by atoms with Gasteiger partial charge in [-0.2, -0.15) is 0 Å². The number of likely N-dealkylation sites (tertiary alicyclic amines) is 1. The summed E-state index contributed by atoms with van der Waals surface area (Å²) in [5.74, 6) is 2.55. The van der Waals surface area contributed by atoms with Crippen molar-refractivity contribution in [3.8, 4) is 11.5 Å². The molecule has 1 aromatic heterocycles. The summed E-state index contributed by atoms with van der Waals surface area (Å²) in [6, 6.07) is 5.77. The number of imidazole rings is 1. The highest BCUT2D eigenvalue weighted by atomic mass is 16.6. The van der Waals surface area contributed by atoms with E-state index < -0.39 is 0 Å². The Bertz CT molecular complexity index is 786. The van der Waals surface area contributed by atoms with Gasteiger partial charge in [-0.3, -0.25) is 4.79 Å². The lowest BCUT2D eigenvalue weighted by atomic mass is 9.96. The summed E-state index contributed by atoms with van der Waals surface area (Å²) in [6.07, 6.45) is 8.93. The third kappa shape index (κ3) is 3.41. The number of aryl methyl sites for hydroxylation is 2. The van der Waals surface area contributed by atoms with Gasteiger partial charge in [0.05, 0.1) is 0 Å². The first-order valence-electron chi connectivity index (χ1n) is 9.39. The first kappa shape index (κ1) is 16.9. The Kier molecular flexibility index (Phi) is 4.82. The average Bonchev–Trinajstić information content (AvgIpc) is 3.10. The van der Waals surface area contributed by atoms with Gasteiger partial charge in [-0.1, -0.05) is 0 Å². The largest absolute Gasteiger partial charge is 0.486 e. The quantitative estimate of drug-likeness (QED) is 0.846. The lowest BCUT2D eigenvalue weighted by molar-refractivity contribution is 0.0600. The molecule has 2 aliphatic rings. The molecule has 0 saturated carbocycles. The van der Waals surface area contributed by atoms with Gasteiger partial charge in [0, 0.05) is 44.0 Å². The second-order valence-corrected chi connectivity index (χ2v) is 7.00. The zero-order chi connectivity index (χ0) is 17.9. The SMILES string of the molecule is Cn1ccnc1CC[C@@H]1CCCCN1C(=O)c1ccc2c(c1)OCCO2. The Labute approximate surface area is 153 Å². The van der Waals surface area contributed by atoms with Crippen LogP contribution in [0.15, 0.2) is 30.6 Å². The minimum atomic E-state index is 0.0894. The van der Waals surface area contributed by atoms with E-state index in [2.05, 4.69) is 9.55 Å². The zero-order valence-corrected chi connectivity index (χ0v) is 15.2. The number of fused-ring (bicyclic) bond motifs is 1. The molecule has 1 amide bonds. The summed E-state index contributed by atoms with van der Waals surface area (Å²) >= 11 is 0. The molecule has 0 spiro atoms. The lowest BCUT2D eigenvalue weighted by Crippen LogP contribution is -2.44. The van der Waals surface area contributed by atoms with Crippen molar-refractivity contribution in [3.05, 3.63) is 42.0 Å². The maximum Gasteiger partial charge on any atom is 0.254 e. The van der Waals surface area contributed by atoms with Crippen LogP contribution in [0, 0.1) is 0 Å². The van der Waals surface area contributed by atoms with E-state index in [0.29, 0.717) is 24.5 Å². The fourth-order valence-corrected chi connectivity index (χ4v) is 3.84. The highest BCUT2D eigenvalue weighted by molar-refractivity contribution is 5.95. The molecule has 6 heteroatoms. The van der Waals surface area contributed by atoms with Gasteiger partial charge in [-0.15, -0.1) is 0 Å². The normalized spacial score (nSPS) is 19.4. The molecular weight excluding hydrogens is 330 g/mol. The van der Waals surface area contributed by atoms with Crippen molar-refractivity contribution in [2.24, 2.45) is 7.05 Å². The van der Waals surface area contributed by atoms with Gasteiger partial charge in [0.1, 0.15) is 19.0 Å². The monoisotopic (exact) mass is 355 g/mol. The average molecular weight is 355 g/mol. The van der Waals surface area contributed by atoms with Crippen LogP contribution >= 0.6 is 0 Å². The van der Waals surface area contributed by atoms with Gasteiger partial charge < -0.3 is 18.9 Å². The maximum atomic E-state index is 13.1. The molecule has 1 fully saturated rings. The predicted molar refractivity (Wildman–Crippen MR) is 97.6 cm³/mol. The molecule has 0 N–H and O–H groups in total. The molecule has 6 nitrogen and oxygen atoms in total. The van der Waals surface area contributed by atoms with E-state index >= 15 is 0 Å². The van der Waals surface area contributed by atoms with Crippen molar-refractivity contribution in [1.82, 2.24) is 14.5 Å². The van der Waals surface area contributed by atoms with Gasteiger partial charge in [0.2, 0.25) is 0 Å². The van der Waals surface area contributed by atoms with Crippen molar-refractivity contribution >= 4 is 5.91 Å². The van der Waals surface area contributed by atoms with Crippen LogP contribution in [-0.4, -0.2) is 46.2 Å². The van der Waals surface area contributed by atoms with Crippen LogP contribution in [0.1, 0.15) is 41.9 Å². The van der Waals surface area contributed by atoms with Crippen LogP contribution in [0.4, 0.5) is 0 Å². The van der Waals surface area contributed by atoms with Gasteiger partial charge in [0.25, 0.3) is 5.91 Å². The summed E-state index contributed by atoms with van der Waals surface area (Å²) in [5, 5.41) is 0. The van der Waals surface area contributed by atoms with Gasteiger partial charge in [-0.05, 0) is 43.9 Å². The summed E-state index contributed by atoms with van der Waals surface area (Å²) in [6.45, 7) is 1.90. The summed E-state index contributed by atoms with van der Waals surface area (Å²) in [7, 11) is 2.02. The van der Waals surface area contributed by atoms with Crippen molar-refractivity contribution < 1.29 is 14.3 Å². The van der Waals surface area contributed by atoms with E-state index in [9.17, 15) is 4.79 Å². The number of carbonyl (C=O) groups excluding carboxylic acids is 1. The molecule has 2 aliphatic heterocycles. The highest BCUT2D eigenvalue weighted by Crippen LogP contribution is 2.32. The van der Waals surface area contributed by atoms with E-state index in [4.69, 9.17) is 9.47 Å². The fourth-order valence-electron chi connectivity index (χ4n) is 3.84. The minimum Gasteiger partial charge on any atom is -0.486 e. The molecule has 0 radical (unpaired) electrons. The Hall–Kier alpha value is -2.50. The molecule has 1 saturated heterocycles. The van der Waals surface area contributed by atoms with Crippen molar-refractivity contribution in [2.75, 3.05) is 19.8 Å². The minimum absolute atomic E-state index is 0.0894. The highest BCUT2D eigenvalue weighted by Gasteiger charge is 2.28. The number of rotatable bonds is 4. The van der Waals surface area contributed by atoms with E-state index in [1.54, 1.807) is 0 Å². The molecule has 1 atom stereocenters. The topological polar surface area (TPSA) is 56.6 Å². The molecule has 138 valence electrons. The molecule has 26 heavy (non-hydrogen) atoms. The molecule has 3 heterocycles. The number of hydrogen-bond donors (Lipinski definition) is 0. The fraction of sp³-hybridized carbons (Fsp3) is 0.500. The standard InChI is InChI=1S/C20H25N3O3/c1-22-11-9-21-19(22)8-6-16-4-2-3-10-23(16)20(24)15-5-7-17-18(14-15)26-13-12-25-17/h5,7,9,11,14,16H,2-4,6,8,10,12-13H2,1H3/t16-/m0/s1. The molecule has 1 aromatic carbocycles. The number of hydrogen-bond acceptors (Lipinski definition) is 4. The molecule has 0 bridgehead atoms. The smallest absolute Gasteiger partial charge is 0.254 e. The Morgan fingerprint density at radius 1 is 1.23 bits per heavy atom. The van der Waals surface area contributed by atoms with Crippen LogP contribution in [0.3, 0.4) is 0 Å². The number of carbonyl (C=O) groups is 1. The number of aromatic nitrogens is 2. The van der Waals surface area contributed by atoms with Crippen LogP contribution in [0.5, 0.6) is 11.5 Å². The molecule has 0 unspecified atom stereocenters. The maximum absolute atomic E-state index is 13.1. The number of nitrogens with zero attached hydrogens (tertiary/aromatic N) is 3. The van der Waals surface area contributed by atoms with Crippen molar-refractivity contribution in [1.29, 1.82) is 0 Å². The van der Waals surface area contributed by atoms with Crippen LogP contribution in [0.2, 0.25) is 0 Å². The van der Waals surface area contributed by atoms with Crippen LogP contribution in [-0.2, 0) is 13.5 Å². The number of piperidine rings is 1. The molecule has 0 aliphatic carbocycles. The van der Waals surface area contributed by atoms with E-state index in [1.165, 1.54) is 6.42 Å². The van der Waals surface area contributed by atoms with Crippen molar-refractivity contribution in [2.45, 2.75) is 38.1 Å². The lowest BCUT2D eigenvalue weighted by Gasteiger charge is -2.36. The molecule has 4 rings (SSSR count). The first-order chi connectivity index (χ1) is 12.7. The summed E-state index contributed by atoms with van der Waals surface area (Å²) < 4.78 is 13.2. The second-order valence-electron chi connectivity index (χ2n) is 7.00. The van der Waals surface area contributed by atoms with Gasteiger partial charge in [0.15, 0.2) is 11.5 Å². The van der Waals surface area contributed by atoms with E-state index in [0.717, 1.165) is 43.8 Å². The number of benzene rings is 1.